The SMILES string of the molecule is CC(C)(C)NS(=O)(=O)c1cccc(-c2ccc3cnc(Nc4ccc(C5CCNCC5)cc4)nn23)c1. The van der Waals surface area contributed by atoms with Crippen LogP contribution in [0.1, 0.15) is 45.1 Å². The number of hydrogen-bond acceptors (Lipinski definition) is 6. The zero-order chi connectivity index (χ0) is 25.3. The normalized spacial score (nSPS) is 15.3. The van der Waals surface area contributed by atoms with E-state index in [2.05, 4.69) is 44.6 Å². The van der Waals surface area contributed by atoms with Crippen molar-refractivity contribution >= 4 is 27.2 Å². The van der Waals surface area contributed by atoms with Gasteiger partial charge in [0.25, 0.3) is 0 Å². The van der Waals surface area contributed by atoms with Crippen LogP contribution in [-0.2, 0) is 10.0 Å². The third-order valence-corrected chi connectivity index (χ3v) is 8.01. The summed E-state index contributed by atoms with van der Waals surface area (Å²) < 4.78 is 30.2. The molecule has 1 fully saturated rings. The topological polar surface area (TPSA) is 100 Å². The van der Waals surface area contributed by atoms with Crippen LogP contribution in [0.25, 0.3) is 16.8 Å². The molecule has 0 bridgehead atoms. The second-order valence-corrected chi connectivity index (χ2v) is 12.0. The Kier molecular flexibility index (Phi) is 6.55. The summed E-state index contributed by atoms with van der Waals surface area (Å²) in [6.07, 6.45) is 4.08. The minimum Gasteiger partial charge on any atom is -0.323 e. The molecule has 1 aliphatic heterocycles. The molecular weight excluding hydrogens is 472 g/mol. The van der Waals surface area contributed by atoms with Crippen molar-refractivity contribution in [1.82, 2.24) is 24.6 Å². The number of benzene rings is 2. The highest BCUT2D eigenvalue weighted by Crippen LogP contribution is 2.28. The first kappa shape index (κ1) is 24.4. The Balaban J connectivity index is 1.40. The van der Waals surface area contributed by atoms with Crippen molar-refractivity contribution in [3.8, 4) is 11.3 Å². The Morgan fingerprint density at radius 2 is 1.75 bits per heavy atom. The minimum atomic E-state index is -3.65. The molecule has 1 saturated heterocycles. The number of anilines is 2. The third-order valence-electron chi connectivity index (χ3n) is 6.26. The maximum Gasteiger partial charge on any atom is 0.245 e. The molecule has 36 heavy (non-hydrogen) atoms. The molecular formula is C27H32N6O2S. The molecule has 3 heterocycles. The van der Waals surface area contributed by atoms with Crippen molar-refractivity contribution in [2.75, 3.05) is 18.4 Å². The number of sulfonamides is 1. The lowest BCUT2D eigenvalue weighted by molar-refractivity contribution is 0.460. The van der Waals surface area contributed by atoms with Gasteiger partial charge in [-0.3, -0.25) is 0 Å². The number of rotatable bonds is 6. The van der Waals surface area contributed by atoms with Gasteiger partial charge in [0.15, 0.2) is 0 Å². The first-order valence-corrected chi connectivity index (χ1v) is 13.7. The lowest BCUT2D eigenvalue weighted by atomic mass is 9.90. The summed E-state index contributed by atoms with van der Waals surface area (Å²) in [6, 6.07) is 19.2. The van der Waals surface area contributed by atoms with Crippen molar-refractivity contribution in [2.24, 2.45) is 0 Å². The molecule has 8 nitrogen and oxygen atoms in total. The van der Waals surface area contributed by atoms with Crippen LogP contribution in [0.3, 0.4) is 0 Å². The van der Waals surface area contributed by atoms with Crippen molar-refractivity contribution in [3.63, 3.8) is 0 Å². The summed E-state index contributed by atoms with van der Waals surface area (Å²) >= 11 is 0. The van der Waals surface area contributed by atoms with Gasteiger partial charge in [-0.25, -0.2) is 22.6 Å². The average Bonchev–Trinajstić information content (AvgIpc) is 3.27. The van der Waals surface area contributed by atoms with E-state index in [1.54, 1.807) is 28.9 Å². The molecule has 0 atom stereocenters. The van der Waals surface area contributed by atoms with E-state index in [1.807, 2.05) is 39.0 Å². The number of hydrogen-bond donors (Lipinski definition) is 3. The van der Waals surface area contributed by atoms with Gasteiger partial charge in [0, 0.05) is 16.8 Å². The Hall–Kier alpha value is -3.27. The molecule has 3 N–H and O–H groups in total. The summed E-state index contributed by atoms with van der Waals surface area (Å²) in [6.45, 7) is 7.60. The summed E-state index contributed by atoms with van der Waals surface area (Å²) in [5, 5.41) is 11.4. The molecule has 0 spiro atoms. The fourth-order valence-electron chi connectivity index (χ4n) is 4.59. The highest BCUT2D eigenvalue weighted by atomic mass is 32.2. The van der Waals surface area contributed by atoms with Gasteiger partial charge in [0.2, 0.25) is 16.0 Å². The zero-order valence-corrected chi connectivity index (χ0v) is 21.6. The van der Waals surface area contributed by atoms with Crippen molar-refractivity contribution in [3.05, 3.63) is 72.4 Å². The number of nitrogens with zero attached hydrogens (tertiary/aromatic N) is 3. The molecule has 5 rings (SSSR count). The Morgan fingerprint density at radius 1 is 1.00 bits per heavy atom. The van der Waals surface area contributed by atoms with E-state index in [1.165, 1.54) is 5.56 Å². The van der Waals surface area contributed by atoms with Crippen LogP contribution < -0.4 is 15.4 Å². The van der Waals surface area contributed by atoms with Crippen LogP contribution in [0.4, 0.5) is 11.6 Å². The molecule has 0 aliphatic carbocycles. The number of piperidine rings is 1. The maximum absolute atomic E-state index is 12.9. The van der Waals surface area contributed by atoms with E-state index in [0.717, 1.165) is 48.4 Å². The van der Waals surface area contributed by atoms with E-state index in [0.29, 0.717) is 11.9 Å². The van der Waals surface area contributed by atoms with E-state index < -0.39 is 15.6 Å². The van der Waals surface area contributed by atoms with E-state index in [4.69, 9.17) is 5.10 Å². The summed E-state index contributed by atoms with van der Waals surface area (Å²) in [7, 11) is -3.65. The third kappa shape index (κ3) is 5.43. The van der Waals surface area contributed by atoms with E-state index >= 15 is 0 Å². The van der Waals surface area contributed by atoms with E-state index in [9.17, 15) is 8.42 Å². The largest absolute Gasteiger partial charge is 0.323 e. The van der Waals surface area contributed by atoms with Crippen LogP contribution in [0, 0.1) is 0 Å². The molecule has 1 aliphatic rings. The van der Waals surface area contributed by atoms with Crippen molar-refractivity contribution < 1.29 is 8.42 Å². The van der Waals surface area contributed by atoms with Gasteiger partial charge in [0.1, 0.15) is 0 Å². The van der Waals surface area contributed by atoms with Gasteiger partial charge in [-0.2, -0.15) is 0 Å². The fraction of sp³-hybridized carbons (Fsp3) is 0.333. The van der Waals surface area contributed by atoms with Gasteiger partial charge in [0.05, 0.1) is 22.3 Å². The molecule has 2 aromatic heterocycles. The van der Waals surface area contributed by atoms with Crippen LogP contribution >= 0.6 is 0 Å². The maximum atomic E-state index is 12.9. The van der Waals surface area contributed by atoms with Crippen LogP contribution in [0.5, 0.6) is 0 Å². The zero-order valence-electron chi connectivity index (χ0n) is 20.8. The molecule has 0 radical (unpaired) electrons. The first-order chi connectivity index (χ1) is 17.2. The fourth-order valence-corrected chi connectivity index (χ4v) is 6.05. The molecule has 188 valence electrons. The lowest BCUT2D eigenvalue weighted by Crippen LogP contribution is -2.40. The Morgan fingerprint density at radius 3 is 2.47 bits per heavy atom. The molecule has 2 aromatic carbocycles. The molecule has 0 saturated carbocycles. The van der Waals surface area contributed by atoms with Crippen molar-refractivity contribution in [1.29, 1.82) is 0 Å². The molecule has 9 heteroatoms. The van der Waals surface area contributed by atoms with Crippen LogP contribution in [0.2, 0.25) is 0 Å². The number of fused-ring (bicyclic) bond motifs is 1. The minimum absolute atomic E-state index is 0.214. The molecule has 4 aromatic rings. The smallest absolute Gasteiger partial charge is 0.245 e. The highest BCUT2D eigenvalue weighted by molar-refractivity contribution is 7.89. The molecule has 0 unspecified atom stereocenters. The number of aromatic nitrogens is 3. The van der Waals surface area contributed by atoms with Gasteiger partial charge in [-0.15, -0.1) is 5.10 Å². The van der Waals surface area contributed by atoms with E-state index in [-0.39, 0.29) is 4.90 Å². The monoisotopic (exact) mass is 504 g/mol. The Labute approximate surface area is 212 Å². The Bertz CT molecular complexity index is 1470. The quantitative estimate of drug-likeness (QED) is 0.352. The first-order valence-electron chi connectivity index (χ1n) is 12.2. The van der Waals surface area contributed by atoms with Gasteiger partial charge in [-0.05, 0) is 94.6 Å². The predicted molar refractivity (Wildman–Crippen MR) is 143 cm³/mol. The van der Waals surface area contributed by atoms with Gasteiger partial charge < -0.3 is 10.6 Å². The summed E-state index contributed by atoms with van der Waals surface area (Å²) in [5.41, 5.74) is 4.06. The standard InChI is InChI=1S/C27H32N6O2S/c1-27(2,3)32-36(34,35)24-6-4-5-21(17-24)25-12-11-23-18-29-26(31-33(23)25)30-22-9-7-19(8-10-22)20-13-15-28-16-14-20/h4-12,17-18,20,28,32H,13-16H2,1-3H3,(H,30,31). The second-order valence-electron chi connectivity index (χ2n) is 10.3. The predicted octanol–water partition coefficient (Wildman–Crippen LogP) is 4.68. The summed E-state index contributed by atoms with van der Waals surface area (Å²) in [4.78, 5) is 4.68. The summed E-state index contributed by atoms with van der Waals surface area (Å²) in [5.74, 6) is 1.07. The van der Waals surface area contributed by atoms with Crippen molar-refractivity contribution in [2.45, 2.75) is 50.0 Å². The van der Waals surface area contributed by atoms with Crippen LogP contribution in [-0.4, -0.2) is 41.6 Å². The van der Waals surface area contributed by atoms with Crippen LogP contribution in [0.15, 0.2) is 71.8 Å². The molecule has 0 amide bonds. The van der Waals surface area contributed by atoms with Gasteiger partial charge >= 0.3 is 0 Å². The highest BCUT2D eigenvalue weighted by Gasteiger charge is 2.22. The average molecular weight is 505 g/mol. The van der Waals surface area contributed by atoms with Gasteiger partial charge in [-0.1, -0.05) is 24.3 Å². The lowest BCUT2D eigenvalue weighted by Gasteiger charge is -2.23. The second kappa shape index (κ2) is 9.65. The number of nitrogens with one attached hydrogen (secondary N) is 3.